The van der Waals surface area contributed by atoms with E-state index < -0.39 is 0 Å². The van der Waals surface area contributed by atoms with E-state index in [1.165, 1.54) is 11.3 Å². The zero-order valence-corrected chi connectivity index (χ0v) is 8.93. The number of nitrogens with one attached hydrogen (secondary N) is 1. The van der Waals surface area contributed by atoms with E-state index in [-0.39, 0.29) is 18.6 Å². The van der Waals surface area contributed by atoms with Crippen molar-refractivity contribution < 1.29 is 14.6 Å². The van der Waals surface area contributed by atoms with Gasteiger partial charge in [-0.05, 0) is 6.92 Å². The molecule has 1 rings (SSSR count). The van der Waals surface area contributed by atoms with Crippen LogP contribution >= 0.6 is 11.3 Å². The predicted octanol–water partition coefficient (Wildman–Crippen LogP) is 0.867. The quantitative estimate of drug-likeness (QED) is 0.783. The van der Waals surface area contributed by atoms with Gasteiger partial charge in [0.2, 0.25) is 0 Å². The van der Waals surface area contributed by atoms with Gasteiger partial charge in [0.1, 0.15) is 5.75 Å². The number of carbonyl (C=O) groups excluding carboxylic acids is 1. The van der Waals surface area contributed by atoms with Gasteiger partial charge in [0.15, 0.2) is 0 Å². The van der Waals surface area contributed by atoms with Crippen LogP contribution in [-0.4, -0.2) is 30.8 Å². The molecular weight excluding hydrogens is 202 g/mol. The fourth-order valence-corrected chi connectivity index (χ4v) is 1.64. The van der Waals surface area contributed by atoms with E-state index in [1.807, 2.05) is 0 Å². The molecule has 0 aromatic carbocycles. The van der Waals surface area contributed by atoms with Crippen LogP contribution in [-0.2, 0) is 0 Å². The van der Waals surface area contributed by atoms with Crippen molar-refractivity contribution in [2.45, 2.75) is 13.0 Å². The second-order valence-electron chi connectivity index (χ2n) is 2.91. The number of ether oxygens (including phenoxy) is 1. The van der Waals surface area contributed by atoms with Gasteiger partial charge < -0.3 is 15.2 Å². The van der Waals surface area contributed by atoms with Gasteiger partial charge in [-0.2, -0.15) is 0 Å². The average molecular weight is 215 g/mol. The molecule has 1 aromatic rings. The summed E-state index contributed by atoms with van der Waals surface area (Å²) in [6.45, 7) is 1.68. The zero-order chi connectivity index (χ0) is 10.6. The van der Waals surface area contributed by atoms with Gasteiger partial charge in [-0.1, -0.05) is 0 Å². The van der Waals surface area contributed by atoms with Crippen molar-refractivity contribution in [3.05, 3.63) is 16.3 Å². The van der Waals surface area contributed by atoms with Crippen molar-refractivity contribution >= 4 is 17.2 Å². The highest BCUT2D eigenvalue weighted by molar-refractivity contribution is 7.12. The molecule has 14 heavy (non-hydrogen) atoms. The highest BCUT2D eigenvalue weighted by Gasteiger charge is 2.11. The summed E-state index contributed by atoms with van der Waals surface area (Å²) < 4.78 is 4.96. The molecule has 0 spiro atoms. The zero-order valence-electron chi connectivity index (χ0n) is 8.11. The second kappa shape index (κ2) is 4.97. The Labute approximate surface area is 86.5 Å². The lowest BCUT2D eigenvalue weighted by Crippen LogP contribution is -2.34. The Kier molecular flexibility index (Phi) is 3.91. The predicted molar refractivity (Wildman–Crippen MR) is 54.9 cm³/mol. The summed E-state index contributed by atoms with van der Waals surface area (Å²) in [6, 6.07) is 1.44. The summed E-state index contributed by atoms with van der Waals surface area (Å²) in [5, 5.41) is 13.2. The van der Waals surface area contributed by atoms with Crippen LogP contribution in [0.2, 0.25) is 0 Å². The highest BCUT2D eigenvalue weighted by Crippen LogP contribution is 2.20. The molecule has 0 radical (unpaired) electrons. The minimum Gasteiger partial charge on any atom is -0.496 e. The van der Waals surface area contributed by atoms with Gasteiger partial charge in [0, 0.05) is 17.5 Å². The van der Waals surface area contributed by atoms with E-state index >= 15 is 0 Å². The number of hydrogen-bond donors (Lipinski definition) is 2. The van der Waals surface area contributed by atoms with Crippen molar-refractivity contribution in [1.82, 2.24) is 5.32 Å². The first-order chi connectivity index (χ1) is 6.67. The maximum atomic E-state index is 11.5. The fraction of sp³-hybridized carbons (Fsp3) is 0.444. The Hall–Kier alpha value is -1.07. The molecule has 1 aromatic heterocycles. The first kappa shape index (κ1) is 11.0. The maximum Gasteiger partial charge on any atom is 0.261 e. The van der Waals surface area contributed by atoms with E-state index in [0.29, 0.717) is 10.6 Å². The number of rotatable bonds is 4. The van der Waals surface area contributed by atoms with Crippen LogP contribution in [0.5, 0.6) is 5.75 Å². The SMILES string of the molecule is COc1csc(C(=O)N[C@H](C)CO)c1. The normalized spacial score (nSPS) is 12.2. The lowest BCUT2D eigenvalue weighted by atomic mass is 10.3. The van der Waals surface area contributed by atoms with E-state index in [9.17, 15) is 4.79 Å². The third-order valence-corrected chi connectivity index (χ3v) is 2.59. The summed E-state index contributed by atoms with van der Waals surface area (Å²) in [5.74, 6) is 0.497. The highest BCUT2D eigenvalue weighted by atomic mass is 32.1. The smallest absolute Gasteiger partial charge is 0.261 e. The molecule has 2 N–H and O–H groups in total. The monoisotopic (exact) mass is 215 g/mol. The van der Waals surface area contributed by atoms with Crippen LogP contribution in [0.15, 0.2) is 11.4 Å². The Morgan fingerprint density at radius 2 is 2.50 bits per heavy atom. The average Bonchev–Trinajstić information content (AvgIpc) is 2.65. The topological polar surface area (TPSA) is 58.6 Å². The van der Waals surface area contributed by atoms with Gasteiger partial charge in [-0.25, -0.2) is 0 Å². The molecule has 1 amide bonds. The number of thiophene rings is 1. The van der Waals surface area contributed by atoms with Crippen molar-refractivity contribution in [2.24, 2.45) is 0 Å². The van der Waals surface area contributed by atoms with Gasteiger partial charge in [0.05, 0.1) is 18.6 Å². The first-order valence-corrected chi connectivity index (χ1v) is 5.09. The minimum absolute atomic E-state index is 0.0613. The lowest BCUT2D eigenvalue weighted by molar-refractivity contribution is 0.0926. The standard InChI is InChI=1S/C9H13NO3S/c1-6(4-11)10-9(12)8-3-7(13-2)5-14-8/h3,5-6,11H,4H2,1-2H3,(H,10,12)/t6-/m1/s1. The number of carbonyl (C=O) groups is 1. The molecule has 0 fully saturated rings. The van der Waals surface area contributed by atoms with Gasteiger partial charge in [-0.3, -0.25) is 4.79 Å². The first-order valence-electron chi connectivity index (χ1n) is 4.21. The number of aliphatic hydroxyl groups is 1. The van der Waals surface area contributed by atoms with Crippen LogP contribution in [0.4, 0.5) is 0 Å². The second-order valence-corrected chi connectivity index (χ2v) is 3.82. The number of hydrogen-bond acceptors (Lipinski definition) is 4. The molecule has 4 nitrogen and oxygen atoms in total. The summed E-state index contributed by atoms with van der Waals surface area (Å²) in [6.07, 6.45) is 0. The van der Waals surface area contributed by atoms with E-state index in [1.54, 1.807) is 25.5 Å². The minimum atomic E-state index is -0.226. The van der Waals surface area contributed by atoms with Crippen LogP contribution in [0.3, 0.4) is 0 Å². The Morgan fingerprint density at radius 1 is 1.79 bits per heavy atom. The van der Waals surface area contributed by atoms with Crippen molar-refractivity contribution in [3.63, 3.8) is 0 Å². The summed E-state index contributed by atoms with van der Waals surface area (Å²) >= 11 is 1.32. The third-order valence-electron chi connectivity index (χ3n) is 1.69. The van der Waals surface area contributed by atoms with Crippen molar-refractivity contribution in [3.8, 4) is 5.75 Å². The third kappa shape index (κ3) is 2.71. The maximum absolute atomic E-state index is 11.5. The molecule has 0 saturated heterocycles. The summed E-state index contributed by atoms with van der Waals surface area (Å²) in [7, 11) is 1.56. The molecule has 0 aliphatic rings. The van der Waals surface area contributed by atoms with Gasteiger partial charge in [-0.15, -0.1) is 11.3 Å². The van der Waals surface area contributed by atoms with Crippen LogP contribution in [0, 0.1) is 0 Å². The van der Waals surface area contributed by atoms with E-state index in [4.69, 9.17) is 9.84 Å². The fourth-order valence-electron chi connectivity index (χ4n) is 0.885. The molecule has 78 valence electrons. The summed E-state index contributed by atoms with van der Waals surface area (Å²) in [4.78, 5) is 12.1. The molecular formula is C9H13NO3S. The van der Waals surface area contributed by atoms with Gasteiger partial charge in [0.25, 0.3) is 5.91 Å². The number of aliphatic hydroxyl groups excluding tert-OH is 1. The number of amides is 1. The molecule has 1 heterocycles. The Balaban J connectivity index is 2.60. The lowest BCUT2D eigenvalue weighted by Gasteiger charge is -2.08. The molecule has 5 heteroatoms. The van der Waals surface area contributed by atoms with Crippen LogP contribution in [0.25, 0.3) is 0 Å². The number of methoxy groups -OCH3 is 1. The van der Waals surface area contributed by atoms with Gasteiger partial charge >= 0.3 is 0 Å². The molecule has 0 aliphatic heterocycles. The molecule has 0 aliphatic carbocycles. The Bertz CT molecular complexity index is 311. The van der Waals surface area contributed by atoms with Crippen molar-refractivity contribution in [2.75, 3.05) is 13.7 Å². The van der Waals surface area contributed by atoms with E-state index in [2.05, 4.69) is 5.32 Å². The van der Waals surface area contributed by atoms with E-state index in [0.717, 1.165) is 0 Å². The molecule has 1 atom stereocenters. The molecule has 0 saturated carbocycles. The largest absolute Gasteiger partial charge is 0.496 e. The molecule has 0 bridgehead atoms. The summed E-state index contributed by atoms with van der Waals surface area (Å²) in [5.41, 5.74) is 0. The van der Waals surface area contributed by atoms with Crippen LogP contribution < -0.4 is 10.1 Å². The molecule has 0 unspecified atom stereocenters. The Morgan fingerprint density at radius 3 is 3.00 bits per heavy atom. The van der Waals surface area contributed by atoms with Crippen molar-refractivity contribution in [1.29, 1.82) is 0 Å². The van der Waals surface area contributed by atoms with Crippen LogP contribution in [0.1, 0.15) is 16.6 Å².